The number of piperazine rings is 1. The molecule has 1 aromatic rings. The normalized spacial score (nSPS) is 18.4. The van der Waals surface area contributed by atoms with Crippen LogP contribution in [0.5, 0.6) is 11.5 Å². The minimum absolute atomic E-state index is 0.115. The van der Waals surface area contributed by atoms with Gasteiger partial charge in [-0.15, -0.1) is 0 Å². The van der Waals surface area contributed by atoms with Gasteiger partial charge in [-0.05, 0) is 18.2 Å². The van der Waals surface area contributed by atoms with Crippen LogP contribution in [0.2, 0.25) is 0 Å². The van der Waals surface area contributed by atoms with Crippen molar-refractivity contribution < 1.29 is 19.4 Å². The van der Waals surface area contributed by atoms with Gasteiger partial charge in [0.25, 0.3) is 5.91 Å². The predicted octanol–water partition coefficient (Wildman–Crippen LogP) is -0.287. The van der Waals surface area contributed by atoms with Crippen LogP contribution in [0.25, 0.3) is 0 Å². The number of hydrogen-bond donors (Lipinski definition) is 2. The highest BCUT2D eigenvalue weighted by Gasteiger charge is 2.18. The molecule has 0 aliphatic carbocycles. The smallest absolute Gasteiger partial charge is 0.252 e. The maximum absolute atomic E-state index is 12.2. The second-order valence-corrected chi connectivity index (χ2v) is 5.42. The van der Waals surface area contributed by atoms with Gasteiger partial charge in [0, 0.05) is 38.3 Å². The molecule has 22 heavy (non-hydrogen) atoms. The van der Waals surface area contributed by atoms with Crippen molar-refractivity contribution in [2.45, 2.75) is 0 Å². The van der Waals surface area contributed by atoms with Crippen LogP contribution < -0.4 is 14.8 Å². The van der Waals surface area contributed by atoms with E-state index in [2.05, 4.69) is 15.1 Å². The summed E-state index contributed by atoms with van der Waals surface area (Å²) in [6.45, 7) is 5.26. The lowest BCUT2D eigenvalue weighted by molar-refractivity contribution is 0.0847. The summed E-state index contributed by atoms with van der Waals surface area (Å²) in [7, 11) is 0. The number of nitrogens with zero attached hydrogens (tertiary/aromatic N) is 2. The summed E-state index contributed by atoms with van der Waals surface area (Å²) in [5.74, 6) is 1.18. The van der Waals surface area contributed by atoms with Crippen LogP contribution in [0.3, 0.4) is 0 Å². The van der Waals surface area contributed by atoms with Crippen molar-refractivity contribution in [1.29, 1.82) is 0 Å². The van der Waals surface area contributed by atoms with E-state index in [0.717, 1.165) is 32.7 Å². The predicted molar refractivity (Wildman–Crippen MR) is 80.0 cm³/mol. The summed E-state index contributed by atoms with van der Waals surface area (Å²) in [5, 5.41) is 11.9. The summed E-state index contributed by atoms with van der Waals surface area (Å²) >= 11 is 0. The van der Waals surface area contributed by atoms with Gasteiger partial charge in [0.2, 0.25) is 6.79 Å². The molecule has 0 spiro atoms. The summed E-state index contributed by atoms with van der Waals surface area (Å²) < 4.78 is 10.5. The fourth-order valence-electron chi connectivity index (χ4n) is 2.64. The Labute approximate surface area is 129 Å². The minimum atomic E-state index is -0.115. The number of carbonyl (C=O) groups excluding carboxylic acids is 1. The molecule has 0 radical (unpaired) electrons. The van der Waals surface area contributed by atoms with E-state index in [0.29, 0.717) is 23.7 Å². The molecule has 0 bridgehead atoms. The molecule has 2 N–H and O–H groups in total. The topological polar surface area (TPSA) is 74.3 Å². The van der Waals surface area contributed by atoms with E-state index in [1.165, 1.54) is 0 Å². The molecule has 1 fully saturated rings. The van der Waals surface area contributed by atoms with E-state index in [1.54, 1.807) is 18.2 Å². The molecule has 1 saturated heterocycles. The van der Waals surface area contributed by atoms with Gasteiger partial charge in [0.05, 0.1) is 13.3 Å². The highest BCUT2D eigenvalue weighted by atomic mass is 16.7. The van der Waals surface area contributed by atoms with Crippen LogP contribution >= 0.6 is 0 Å². The Morgan fingerprint density at radius 2 is 1.86 bits per heavy atom. The Morgan fingerprint density at radius 3 is 2.64 bits per heavy atom. The van der Waals surface area contributed by atoms with Crippen LogP contribution in [0.15, 0.2) is 18.2 Å². The van der Waals surface area contributed by atoms with Gasteiger partial charge in [0.1, 0.15) is 0 Å². The highest BCUT2D eigenvalue weighted by molar-refractivity contribution is 5.94. The Hall–Kier alpha value is -1.83. The maximum atomic E-state index is 12.2. The van der Waals surface area contributed by atoms with E-state index in [9.17, 15) is 4.79 Å². The van der Waals surface area contributed by atoms with Crippen LogP contribution in [0.1, 0.15) is 10.4 Å². The first-order valence-corrected chi connectivity index (χ1v) is 7.49. The number of nitrogens with one attached hydrogen (secondary N) is 1. The van der Waals surface area contributed by atoms with Crippen LogP contribution in [0, 0.1) is 0 Å². The number of aliphatic hydroxyl groups is 1. The van der Waals surface area contributed by atoms with E-state index in [4.69, 9.17) is 14.6 Å². The van der Waals surface area contributed by atoms with Crippen molar-refractivity contribution in [1.82, 2.24) is 15.1 Å². The molecule has 7 nitrogen and oxygen atoms in total. The quantitative estimate of drug-likeness (QED) is 0.779. The largest absolute Gasteiger partial charge is 0.454 e. The SMILES string of the molecule is O=C(NCN1CCN(CCO)CC1)c1ccc2c(c1)OCO2. The molecule has 120 valence electrons. The third kappa shape index (κ3) is 3.49. The number of aliphatic hydroxyl groups excluding tert-OH is 1. The molecule has 0 saturated carbocycles. The number of ether oxygens (including phenoxy) is 2. The molecule has 1 amide bonds. The third-order valence-corrected chi connectivity index (χ3v) is 3.98. The molecular weight excluding hydrogens is 286 g/mol. The van der Waals surface area contributed by atoms with Gasteiger partial charge in [-0.2, -0.15) is 0 Å². The second-order valence-electron chi connectivity index (χ2n) is 5.42. The summed E-state index contributed by atoms with van der Waals surface area (Å²) in [5.41, 5.74) is 0.572. The van der Waals surface area contributed by atoms with Gasteiger partial charge >= 0.3 is 0 Å². The molecule has 0 atom stereocenters. The average molecular weight is 307 g/mol. The first-order chi connectivity index (χ1) is 10.8. The summed E-state index contributed by atoms with van der Waals surface area (Å²) in [6, 6.07) is 5.20. The molecule has 2 heterocycles. The van der Waals surface area contributed by atoms with Gasteiger partial charge in [-0.25, -0.2) is 0 Å². The minimum Gasteiger partial charge on any atom is -0.454 e. The van der Waals surface area contributed by atoms with Crippen molar-refractivity contribution in [3.63, 3.8) is 0 Å². The molecule has 0 unspecified atom stereocenters. The fraction of sp³-hybridized carbons (Fsp3) is 0.533. The van der Waals surface area contributed by atoms with Gasteiger partial charge < -0.3 is 19.9 Å². The third-order valence-electron chi connectivity index (χ3n) is 3.98. The zero-order valence-corrected chi connectivity index (χ0v) is 12.5. The molecule has 2 aliphatic rings. The molecular formula is C15H21N3O4. The standard InChI is InChI=1S/C15H21N3O4/c19-8-7-17-3-5-18(6-4-17)10-16-15(20)12-1-2-13-14(9-12)22-11-21-13/h1-2,9,19H,3-8,10-11H2,(H,16,20). The van der Waals surface area contributed by atoms with E-state index < -0.39 is 0 Å². The number of β-amino-alcohol motifs (C(OH)–C–C–N with tert-alkyl or cyclic N) is 1. The lowest BCUT2D eigenvalue weighted by Gasteiger charge is -2.34. The molecule has 1 aromatic carbocycles. The van der Waals surface area contributed by atoms with Crippen molar-refractivity contribution in [2.75, 3.05) is 52.8 Å². The van der Waals surface area contributed by atoms with Crippen LogP contribution in [-0.2, 0) is 0 Å². The molecule has 2 aliphatic heterocycles. The van der Waals surface area contributed by atoms with Crippen LogP contribution in [0.4, 0.5) is 0 Å². The highest BCUT2D eigenvalue weighted by Crippen LogP contribution is 2.32. The van der Waals surface area contributed by atoms with Gasteiger partial charge in [0.15, 0.2) is 11.5 Å². The first kappa shape index (κ1) is 15.1. The van der Waals surface area contributed by atoms with Crippen molar-refractivity contribution in [2.24, 2.45) is 0 Å². The zero-order chi connectivity index (χ0) is 15.4. The summed E-state index contributed by atoms with van der Waals surface area (Å²) in [6.07, 6.45) is 0. The average Bonchev–Trinajstić information content (AvgIpc) is 3.01. The number of carbonyl (C=O) groups is 1. The van der Waals surface area contributed by atoms with E-state index >= 15 is 0 Å². The lowest BCUT2D eigenvalue weighted by Crippen LogP contribution is -2.50. The number of amides is 1. The Kier molecular flexibility index (Phi) is 4.77. The second kappa shape index (κ2) is 6.95. The fourth-order valence-corrected chi connectivity index (χ4v) is 2.64. The number of benzene rings is 1. The van der Waals surface area contributed by atoms with Gasteiger partial charge in [-0.1, -0.05) is 0 Å². The van der Waals surface area contributed by atoms with Crippen molar-refractivity contribution in [3.05, 3.63) is 23.8 Å². The van der Waals surface area contributed by atoms with Crippen molar-refractivity contribution in [3.8, 4) is 11.5 Å². The van der Waals surface area contributed by atoms with E-state index in [1.807, 2.05) is 0 Å². The lowest BCUT2D eigenvalue weighted by atomic mass is 10.2. The number of rotatable bonds is 5. The van der Waals surface area contributed by atoms with Crippen molar-refractivity contribution >= 4 is 5.91 Å². The van der Waals surface area contributed by atoms with E-state index in [-0.39, 0.29) is 19.3 Å². The van der Waals surface area contributed by atoms with Crippen LogP contribution in [-0.4, -0.2) is 73.6 Å². The zero-order valence-electron chi connectivity index (χ0n) is 12.5. The first-order valence-electron chi connectivity index (χ1n) is 7.49. The van der Waals surface area contributed by atoms with Gasteiger partial charge in [-0.3, -0.25) is 14.6 Å². The maximum Gasteiger partial charge on any atom is 0.252 e. The Bertz CT molecular complexity index is 530. The molecule has 7 heteroatoms. The summed E-state index contributed by atoms with van der Waals surface area (Å²) in [4.78, 5) is 16.6. The Balaban J connectivity index is 1.47. The monoisotopic (exact) mass is 307 g/mol. The number of fused-ring (bicyclic) bond motifs is 1. The number of hydrogen-bond acceptors (Lipinski definition) is 6. The molecule has 0 aromatic heterocycles. The molecule has 3 rings (SSSR count). The Morgan fingerprint density at radius 1 is 1.14 bits per heavy atom.